The van der Waals surface area contributed by atoms with E-state index in [4.69, 9.17) is 9.84 Å². The summed E-state index contributed by atoms with van der Waals surface area (Å²) in [5, 5.41) is 11.2. The number of halogens is 1. The summed E-state index contributed by atoms with van der Waals surface area (Å²) in [5.74, 6) is -0.924. The standard InChI is InChI=1S/C14H18FNO4.C2H6/c1-3-20-14(19)16-12(8-15)11-5-4-10(7-13(17)18)9(2)6-11;1-2/h4-6,12H,3,7-8H2,1-2H3,(H,16,19)(H,17,18);1-2H3. The van der Waals surface area contributed by atoms with Crippen LogP contribution in [-0.2, 0) is 16.0 Å². The molecule has 0 aliphatic carbocycles. The van der Waals surface area contributed by atoms with Gasteiger partial charge in [0.05, 0.1) is 19.1 Å². The van der Waals surface area contributed by atoms with Gasteiger partial charge < -0.3 is 15.2 Å². The van der Waals surface area contributed by atoms with Crippen molar-refractivity contribution in [2.75, 3.05) is 13.3 Å². The number of amides is 1. The lowest BCUT2D eigenvalue weighted by Crippen LogP contribution is -2.30. The Morgan fingerprint density at radius 2 is 2.00 bits per heavy atom. The Morgan fingerprint density at radius 3 is 2.45 bits per heavy atom. The van der Waals surface area contributed by atoms with Crippen LogP contribution in [0.25, 0.3) is 0 Å². The number of carboxylic acid groups (broad SMARTS) is 1. The highest BCUT2D eigenvalue weighted by molar-refractivity contribution is 5.71. The van der Waals surface area contributed by atoms with Gasteiger partial charge >= 0.3 is 12.1 Å². The third kappa shape index (κ3) is 6.56. The zero-order valence-corrected chi connectivity index (χ0v) is 13.5. The van der Waals surface area contributed by atoms with Crippen molar-refractivity contribution in [3.05, 3.63) is 34.9 Å². The van der Waals surface area contributed by atoms with E-state index in [0.717, 1.165) is 5.56 Å². The number of benzene rings is 1. The predicted octanol–water partition coefficient (Wildman–Crippen LogP) is 3.41. The molecule has 0 aliphatic heterocycles. The molecular weight excluding hydrogens is 289 g/mol. The molecule has 1 rings (SSSR count). The first-order valence-electron chi connectivity index (χ1n) is 7.28. The van der Waals surface area contributed by atoms with Crippen LogP contribution in [0.5, 0.6) is 0 Å². The second kappa shape index (κ2) is 10.6. The smallest absolute Gasteiger partial charge is 0.407 e. The summed E-state index contributed by atoms with van der Waals surface area (Å²) >= 11 is 0. The van der Waals surface area contributed by atoms with E-state index in [1.54, 1.807) is 32.0 Å². The number of carboxylic acids is 1. The normalized spacial score (nSPS) is 11.0. The van der Waals surface area contributed by atoms with Crippen molar-refractivity contribution in [2.24, 2.45) is 0 Å². The van der Waals surface area contributed by atoms with Gasteiger partial charge in [0.15, 0.2) is 0 Å². The summed E-state index contributed by atoms with van der Waals surface area (Å²) in [5.41, 5.74) is 1.98. The number of ether oxygens (including phenoxy) is 1. The summed E-state index contributed by atoms with van der Waals surface area (Å²) in [6, 6.07) is 4.12. The zero-order chi connectivity index (χ0) is 17.1. The molecule has 124 valence electrons. The van der Waals surface area contributed by atoms with E-state index in [1.165, 1.54) is 0 Å². The lowest BCUT2D eigenvalue weighted by molar-refractivity contribution is -0.136. The molecule has 0 heterocycles. The molecule has 1 aromatic rings. The number of carbonyl (C=O) groups is 2. The lowest BCUT2D eigenvalue weighted by Gasteiger charge is -2.17. The van der Waals surface area contributed by atoms with Crippen molar-refractivity contribution in [1.82, 2.24) is 5.32 Å². The topological polar surface area (TPSA) is 75.6 Å². The van der Waals surface area contributed by atoms with Gasteiger partial charge in [0.2, 0.25) is 0 Å². The molecule has 22 heavy (non-hydrogen) atoms. The number of hydrogen-bond acceptors (Lipinski definition) is 3. The second-order valence-corrected chi connectivity index (χ2v) is 4.33. The highest BCUT2D eigenvalue weighted by Crippen LogP contribution is 2.19. The summed E-state index contributed by atoms with van der Waals surface area (Å²) in [4.78, 5) is 22.0. The Morgan fingerprint density at radius 1 is 1.36 bits per heavy atom. The Hall–Kier alpha value is -2.11. The maximum absolute atomic E-state index is 13.0. The highest BCUT2D eigenvalue weighted by atomic mass is 19.1. The Labute approximate surface area is 130 Å². The summed E-state index contributed by atoms with van der Waals surface area (Å²) in [7, 11) is 0. The maximum Gasteiger partial charge on any atom is 0.407 e. The van der Waals surface area contributed by atoms with Crippen LogP contribution < -0.4 is 5.32 Å². The molecule has 5 nitrogen and oxygen atoms in total. The van der Waals surface area contributed by atoms with Gasteiger partial charge in [0, 0.05) is 0 Å². The van der Waals surface area contributed by atoms with E-state index in [9.17, 15) is 14.0 Å². The Kier molecular flexibility index (Phi) is 9.58. The van der Waals surface area contributed by atoms with Crippen LogP contribution in [0.2, 0.25) is 0 Å². The van der Waals surface area contributed by atoms with Gasteiger partial charge in [0.1, 0.15) is 6.67 Å². The van der Waals surface area contributed by atoms with Gasteiger partial charge in [-0.05, 0) is 30.5 Å². The molecular formula is C16H24FNO4. The summed E-state index contributed by atoms with van der Waals surface area (Å²) in [6.45, 7) is 6.86. The quantitative estimate of drug-likeness (QED) is 0.844. The molecule has 0 bridgehead atoms. The van der Waals surface area contributed by atoms with Crippen molar-refractivity contribution in [3.63, 3.8) is 0 Å². The average Bonchev–Trinajstić information content (AvgIpc) is 2.49. The van der Waals surface area contributed by atoms with Gasteiger partial charge in [-0.1, -0.05) is 32.0 Å². The van der Waals surface area contributed by atoms with E-state index in [1.807, 2.05) is 13.8 Å². The molecule has 0 aliphatic rings. The van der Waals surface area contributed by atoms with Crippen molar-refractivity contribution in [3.8, 4) is 0 Å². The summed E-state index contributed by atoms with van der Waals surface area (Å²) in [6.07, 6.45) is -0.764. The molecule has 1 amide bonds. The van der Waals surface area contributed by atoms with Crippen LogP contribution >= 0.6 is 0 Å². The van der Waals surface area contributed by atoms with E-state index in [-0.39, 0.29) is 13.0 Å². The number of alkyl halides is 1. The number of alkyl carbamates (subject to hydrolysis) is 1. The number of aryl methyl sites for hydroxylation is 1. The van der Waals surface area contributed by atoms with Crippen LogP contribution in [-0.4, -0.2) is 30.5 Å². The van der Waals surface area contributed by atoms with Crippen LogP contribution in [0.1, 0.15) is 43.5 Å². The van der Waals surface area contributed by atoms with Gasteiger partial charge in [-0.25, -0.2) is 9.18 Å². The minimum atomic E-state index is -0.924. The van der Waals surface area contributed by atoms with Gasteiger partial charge in [-0.2, -0.15) is 0 Å². The molecule has 2 N–H and O–H groups in total. The van der Waals surface area contributed by atoms with E-state index >= 15 is 0 Å². The average molecular weight is 313 g/mol. The fraction of sp³-hybridized carbons (Fsp3) is 0.500. The number of hydrogen-bond donors (Lipinski definition) is 2. The molecule has 0 saturated carbocycles. The van der Waals surface area contributed by atoms with E-state index < -0.39 is 24.8 Å². The largest absolute Gasteiger partial charge is 0.481 e. The van der Waals surface area contributed by atoms with Crippen molar-refractivity contribution >= 4 is 12.1 Å². The lowest BCUT2D eigenvalue weighted by atomic mass is 9.99. The molecule has 1 atom stereocenters. The monoisotopic (exact) mass is 313 g/mol. The molecule has 0 radical (unpaired) electrons. The molecule has 0 spiro atoms. The van der Waals surface area contributed by atoms with Crippen LogP contribution in [0, 0.1) is 6.92 Å². The van der Waals surface area contributed by atoms with Crippen LogP contribution in [0.15, 0.2) is 18.2 Å². The first-order chi connectivity index (χ1) is 10.5. The Bertz CT molecular complexity index is 491. The first-order valence-corrected chi connectivity index (χ1v) is 7.28. The minimum Gasteiger partial charge on any atom is -0.481 e. The highest BCUT2D eigenvalue weighted by Gasteiger charge is 2.16. The molecule has 1 aromatic carbocycles. The third-order valence-electron chi connectivity index (χ3n) is 2.83. The van der Waals surface area contributed by atoms with Gasteiger partial charge in [0.25, 0.3) is 0 Å². The van der Waals surface area contributed by atoms with Crippen molar-refractivity contribution in [1.29, 1.82) is 0 Å². The SMILES string of the molecule is CC.CCOC(=O)NC(CF)c1ccc(CC(=O)O)c(C)c1. The first kappa shape index (κ1) is 19.9. The Balaban J connectivity index is 0.00000211. The zero-order valence-electron chi connectivity index (χ0n) is 13.5. The van der Waals surface area contributed by atoms with Crippen LogP contribution in [0.4, 0.5) is 9.18 Å². The van der Waals surface area contributed by atoms with E-state index in [0.29, 0.717) is 11.1 Å². The third-order valence-corrected chi connectivity index (χ3v) is 2.83. The maximum atomic E-state index is 13.0. The number of aliphatic carboxylic acids is 1. The number of nitrogens with one attached hydrogen (secondary N) is 1. The van der Waals surface area contributed by atoms with Gasteiger partial charge in [-0.15, -0.1) is 0 Å². The predicted molar refractivity (Wildman–Crippen MR) is 82.7 cm³/mol. The van der Waals surface area contributed by atoms with E-state index in [2.05, 4.69) is 5.32 Å². The van der Waals surface area contributed by atoms with Crippen LogP contribution in [0.3, 0.4) is 0 Å². The molecule has 1 unspecified atom stereocenters. The summed E-state index contributed by atoms with van der Waals surface area (Å²) < 4.78 is 17.7. The molecule has 0 saturated heterocycles. The number of carbonyl (C=O) groups excluding carboxylic acids is 1. The van der Waals surface area contributed by atoms with Crippen molar-refractivity contribution < 1.29 is 23.8 Å². The van der Waals surface area contributed by atoms with Gasteiger partial charge in [-0.3, -0.25) is 4.79 Å². The fourth-order valence-corrected chi connectivity index (χ4v) is 1.82. The molecule has 0 fully saturated rings. The number of rotatable bonds is 6. The minimum absolute atomic E-state index is 0.0856. The molecule has 0 aromatic heterocycles. The fourth-order valence-electron chi connectivity index (χ4n) is 1.82. The second-order valence-electron chi connectivity index (χ2n) is 4.33. The van der Waals surface area contributed by atoms with Crippen molar-refractivity contribution in [2.45, 2.75) is 40.2 Å². The molecule has 6 heteroatoms.